The van der Waals surface area contributed by atoms with Crippen molar-refractivity contribution in [1.29, 1.82) is 0 Å². The Bertz CT molecular complexity index is 927. The molecule has 0 heterocycles. The van der Waals surface area contributed by atoms with Crippen molar-refractivity contribution in [1.82, 2.24) is 5.32 Å². The highest BCUT2D eigenvalue weighted by Gasteiger charge is 2.50. The molecule has 31 heavy (non-hydrogen) atoms. The van der Waals surface area contributed by atoms with Gasteiger partial charge in [-0.25, -0.2) is 4.39 Å². The second-order valence-electron chi connectivity index (χ2n) is 9.63. The minimum absolute atomic E-state index is 0.0409. The van der Waals surface area contributed by atoms with E-state index in [1.807, 2.05) is 12.1 Å². The monoisotopic (exact) mass is 507 g/mol. The molecular formula is C25H28BrClFNO2. The molecule has 0 spiro atoms. The Morgan fingerprint density at radius 2 is 1.77 bits per heavy atom. The molecule has 4 fully saturated rings. The van der Waals surface area contributed by atoms with Gasteiger partial charge in [0.2, 0.25) is 0 Å². The Kier molecular flexibility index (Phi) is 5.95. The third-order valence-electron chi connectivity index (χ3n) is 7.46. The Morgan fingerprint density at radius 3 is 2.39 bits per heavy atom. The van der Waals surface area contributed by atoms with Crippen molar-refractivity contribution in [2.75, 3.05) is 7.11 Å². The molecule has 4 aliphatic rings. The SMILES string of the molecule is COc1cc(CNC23CC4CC(CC(C4)C2)C3)c(Br)cc1OCc1c(F)cccc1Cl. The standard InChI is InChI=1S/C25H28BrClFNO2/c1-30-23-8-18(13-29-25-10-15-5-16(11-25)7-17(6-15)12-25)20(26)9-24(23)31-14-19-21(27)3-2-4-22(19)28/h2-4,8-9,15-17,29H,5-7,10-14H2,1H3. The van der Waals surface area contributed by atoms with Crippen molar-refractivity contribution in [3.05, 3.63) is 56.8 Å². The lowest BCUT2D eigenvalue weighted by atomic mass is 9.53. The van der Waals surface area contributed by atoms with E-state index in [4.69, 9.17) is 21.1 Å². The summed E-state index contributed by atoms with van der Waals surface area (Å²) in [4.78, 5) is 0. The molecule has 0 amide bonds. The maximum atomic E-state index is 14.1. The van der Waals surface area contributed by atoms with Gasteiger partial charge in [-0.1, -0.05) is 33.6 Å². The van der Waals surface area contributed by atoms with Crippen molar-refractivity contribution >= 4 is 27.5 Å². The third kappa shape index (κ3) is 4.34. The van der Waals surface area contributed by atoms with Gasteiger partial charge in [0.25, 0.3) is 0 Å². The Balaban J connectivity index is 1.30. The second kappa shape index (κ2) is 8.57. The summed E-state index contributed by atoms with van der Waals surface area (Å²) in [5.41, 5.74) is 1.79. The fourth-order valence-corrected chi connectivity index (χ4v) is 7.10. The summed E-state index contributed by atoms with van der Waals surface area (Å²) in [7, 11) is 1.63. The van der Waals surface area contributed by atoms with Gasteiger partial charge < -0.3 is 14.8 Å². The predicted octanol–water partition coefficient (Wildman–Crippen LogP) is 6.89. The summed E-state index contributed by atoms with van der Waals surface area (Å²) < 4.78 is 26.5. The first-order chi connectivity index (χ1) is 14.9. The molecule has 2 aromatic carbocycles. The van der Waals surface area contributed by atoms with Crippen LogP contribution in [0.15, 0.2) is 34.8 Å². The van der Waals surface area contributed by atoms with Crippen LogP contribution in [-0.4, -0.2) is 12.6 Å². The zero-order valence-electron chi connectivity index (χ0n) is 17.7. The van der Waals surface area contributed by atoms with Crippen LogP contribution in [0.4, 0.5) is 4.39 Å². The summed E-state index contributed by atoms with van der Waals surface area (Å²) >= 11 is 9.83. The largest absolute Gasteiger partial charge is 0.493 e. The second-order valence-corrected chi connectivity index (χ2v) is 10.9. The smallest absolute Gasteiger partial charge is 0.162 e. The zero-order chi connectivity index (χ0) is 21.6. The molecule has 3 nitrogen and oxygen atoms in total. The lowest BCUT2D eigenvalue weighted by Crippen LogP contribution is -2.58. The van der Waals surface area contributed by atoms with E-state index in [2.05, 4.69) is 21.2 Å². The molecule has 0 unspecified atom stereocenters. The first kappa shape index (κ1) is 21.5. The lowest BCUT2D eigenvalue weighted by molar-refractivity contribution is -0.0206. The molecule has 6 heteroatoms. The quantitative estimate of drug-likeness (QED) is 0.442. The highest BCUT2D eigenvalue weighted by Crippen LogP contribution is 2.55. The summed E-state index contributed by atoms with van der Waals surface area (Å²) in [6.07, 6.45) is 8.28. The summed E-state index contributed by atoms with van der Waals surface area (Å²) in [6, 6.07) is 8.55. The minimum Gasteiger partial charge on any atom is -0.493 e. The van der Waals surface area contributed by atoms with E-state index < -0.39 is 0 Å². The maximum Gasteiger partial charge on any atom is 0.162 e. The van der Waals surface area contributed by atoms with Gasteiger partial charge in [-0.15, -0.1) is 0 Å². The van der Waals surface area contributed by atoms with Crippen LogP contribution in [0.1, 0.15) is 49.7 Å². The molecule has 2 aromatic rings. The molecule has 4 bridgehead atoms. The number of hydrogen-bond acceptors (Lipinski definition) is 3. The summed E-state index contributed by atoms with van der Waals surface area (Å²) in [5.74, 6) is 3.57. The molecule has 0 atom stereocenters. The predicted molar refractivity (Wildman–Crippen MR) is 124 cm³/mol. The molecule has 6 rings (SSSR count). The average molecular weight is 509 g/mol. The maximum absolute atomic E-state index is 14.1. The average Bonchev–Trinajstić information content (AvgIpc) is 2.72. The normalized spacial score (nSPS) is 28.7. The fourth-order valence-electron chi connectivity index (χ4n) is 6.42. The number of ether oxygens (including phenoxy) is 2. The van der Waals surface area contributed by atoms with Crippen molar-refractivity contribution in [3.63, 3.8) is 0 Å². The van der Waals surface area contributed by atoms with Crippen LogP contribution in [0.5, 0.6) is 11.5 Å². The highest BCUT2D eigenvalue weighted by atomic mass is 79.9. The van der Waals surface area contributed by atoms with Crippen LogP contribution >= 0.6 is 27.5 Å². The van der Waals surface area contributed by atoms with E-state index in [1.54, 1.807) is 19.2 Å². The third-order valence-corrected chi connectivity index (χ3v) is 8.55. The molecule has 1 N–H and O–H groups in total. The van der Waals surface area contributed by atoms with Gasteiger partial charge >= 0.3 is 0 Å². The Morgan fingerprint density at radius 1 is 1.10 bits per heavy atom. The number of nitrogens with one attached hydrogen (secondary N) is 1. The Hall–Kier alpha value is -1.30. The van der Waals surface area contributed by atoms with E-state index >= 15 is 0 Å². The van der Waals surface area contributed by atoms with Crippen LogP contribution < -0.4 is 14.8 Å². The van der Waals surface area contributed by atoms with Crippen molar-refractivity contribution in [2.45, 2.75) is 57.2 Å². The highest BCUT2D eigenvalue weighted by molar-refractivity contribution is 9.10. The van der Waals surface area contributed by atoms with E-state index in [1.165, 1.54) is 44.6 Å². The van der Waals surface area contributed by atoms with Gasteiger partial charge in [0.1, 0.15) is 12.4 Å². The van der Waals surface area contributed by atoms with Gasteiger partial charge in [-0.2, -0.15) is 0 Å². The first-order valence-electron chi connectivity index (χ1n) is 11.1. The van der Waals surface area contributed by atoms with Crippen molar-refractivity contribution in [3.8, 4) is 11.5 Å². The molecule has 4 saturated carbocycles. The molecule has 0 aliphatic heterocycles. The van der Waals surface area contributed by atoms with Crippen LogP contribution in [0, 0.1) is 23.6 Å². The number of hydrogen-bond donors (Lipinski definition) is 1. The number of halogens is 3. The molecule has 4 aliphatic carbocycles. The van der Waals surface area contributed by atoms with Gasteiger partial charge in [0.05, 0.1) is 12.1 Å². The number of rotatable bonds is 7. The molecular weight excluding hydrogens is 481 g/mol. The van der Waals surface area contributed by atoms with Gasteiger partial charge in [0, 0.05) is 22.1 Å². The molecule has 166 valence electrons. The summed E-state index contributed by atoms with van der Waals surface area (Å²) in [6.45, 7) is 0.835. The molecule has 0 aromatic heterocycles. The van der Waals surface area contributed by atoms with Gasteiger partial charge in [-0.05, 0) is 86.1 Å². The van der Waals surface area contributed by atoms with Crippen LogP contribution in [0.2, 0.25) is 5.02 Å². The Labute approximate surface area is 196 Å². The van der Waals surface area contributed by atoms with Crippen LogP contribution in [-0.2, 0) is 13.2 Å². The first-order valence-corrected chi connectivity index (χ1v) is 12.3. The fraction of sp³-hybridized carbons (Fsp3) is 0.520. The van der Waals surface area contributed by atoms with Crippen molar-refractivity contribution < 1.29 is 13.9 Å². The van der Waals surface area contributed by atoms with E-state index in [0.29, 0.717) is 27.6 Å². The molecule has 0 radical (unpaired) electrons. The number of methoxy groups -OCH3 is 1. The van der Waals surface area contributed by atoms with E-state index in [9.17, 15) is 4.39 Å². The topological polar surface area (TPSA) is 30.5 Å². The summed E-state index contributed by atoms with van der Waals surface area (Å²) in [5, 5.41) is 4.29. The van der Waals surface area contributed by atoms with Gasteiger partial charge in [0.15, 0.2) is 11.5 Å². The van der Waals surface area contributed by atoms with Gasteiger partial charge in [-0.3, -0.25) is 0 Å². The zero-order valence-corrected chi connectivity index (χ0v) is 20.1. The van der Waals surface area contributed by atoms with E-state index in [0.717, 1.165) is 34.3 Å². The number of benzene rings is 2. The lowest BCUT2D eigenvalue weighted by Gasteiger charge is -2.57. The van der Waals surface area contributed by atoms with E-state index in [-0.39, 0.29) is 12.4 Å². The van der Waals surface area contributed by atoms with Crippen LogP contribution in [0.25, 0.3) is 0 Å². The molecule has 0 saturated heterocycles. The minimum atomic E-state index is -0.373. The van der Waals surface area contributed by atoms with Crippen LogP contribution in [0.3, 0.4) is 0 Å². The van der Waals surface area contributed by atoms with Crippen molar-refractivity contribution in [2.24, 2.45) is 17.8 Å².